The van der Waals surface area contributed by atoms with E-state index < -0.39 is 5.97 Å². The molecule has 0 radical (unpaired) electrons. The topological polar surface area (TPSA) is 95.9 Å². The van der Waals surface area contributed by atoms with Crippen molar-refractivity contribution in [1.29, 1.82) is 0 Å². The van der Waals surface area contributed by atoms with Crippen LogP contribution in [0, 0.1) is 0 Å². The van der Waals surface area contributed by atoms with Crippen LogP contribution in [0.3, 0.4) is 0 Å². The number of amides is 1. The predicted octanol–water partition coefficient (Wildman–Crippen LogP) is 2.38. The lowest BCUT2D eigenvalue weighted by Gasteiger charge is -2.08. The lowest BCUT2D eigenvalue weighted by Crippen LogP contribution is -2.25. The molecule has 0 atom stereocenters. The van der Waals surface area contributed by atoms with Crippen molar-refractivity contribution in [2.24, 2.45) is 0 Å². The predicted molar refractivity (Wildman–Crippen MR) is 88.8 cm³/mol. The smallest absolute Gasteiger partial charge is 0.304 e. The van der Waals surface area contributed by atoms with Crippen LogP contribution in [0.15, 0.2) is 18.2 Å². The van der Waals surface area contributed by atoms with Crippen molar-refractivity contribution in [2.75, 3.05) is 24.7 Å². The molecule has 0 aliphatic heterocycles. The zero-order valence-electron chi connectivity index (χ0n) is 12.2. The first kappa shape index (κ1) is 18.5. The lowest BCUT2D eigenvalue weighted by atomic mass is 10.2. The van der Waals surface area contributed by atoms with Crippen molar-refractivity contribution in [3.63, 3.8) is 0 Å². The summed E-state index contributed by atoms with van der Waals surface area (Å²) in [6.07, 6.45) is 0.134. The van der Waals surface area contributed by atoms with Gasteiger partial charge < -0.3 is 20.3 Å². The first-order chi connectivity index (χ1) is 10.5. The second-order valence-electron chi connectivity index (χ2n) is 4.16. The quantitative estimate of drug-likeness (QED) is 0.442. The molecule has 1 amide bonds. The molecule has 1 aromatic carbocycles. The number of aromatic hydroxyl groups is 1. The highest BCUT2D eigenvalue weighted by Gasteiger charge is 2.09. The van der Waals surface area contributed by atoms with Gasteiger partial charge in [-0.1, -0.05) is 21.6 Å². The Morgan fingerprint density at radius 2 is 2.00 bits per heavy atom. The molecule has 6 nitrogen and oxygen atoms in total. The average molecular weight is 345 g/mol. The Kier molecular flexibility index (Phi) is 8.61. The first-order valence-electron chi connectivity index (χ1n) is 6.74. The van der Waals surface area contributed by atoms with Gasteiger partial charge in [-0.05, 0) is 25.1 Å². The Labute approximate surface area is 137 Å². The molecule has 22 heavy (non-hydrogen) atoms. The van der Waals surface area contributed by atoms with Crippen LogP contribution in [0.1, 0.15) is 23.7 Å². The SMILES string of the molecule is CCOc1ccc(C(=O)NCCSSCCC(=O)O)cc1O. The summed E-state index contributed by atoms with van der Waals surface area (Å²) < 4.78 is 5.19. The minimum absolute atomic E-state index is 0.0619. The number of rotatable bonds is 10. The van der Waals surface area contributed by atoms with Crippen LogP contribution >= 0.6 is 21.6 Å². The molecule has 0 saturated heterocycles. The van der Waals surface area contributed by atoms with E-state index in [4.69, 9.17) is 9.84 Å². The van der Waals surface area contributed by atoms with Gasteiger partial charge in [0.05, 0.1) is 13.0 Å². The Morgan fingerprint density at radius 3 is 2.64 bits per heavy atom. The number of carboxylic acids is 1. The molecule has 1 aromatic rings. The van der Waals surface area contributed by atoms with Crippen molar-refractivity contribution < 1.29 is 24.5 Å². The summed E-state index contributed by atoms with van der Waals surface area (Å²) in [5.74, 6) is 0.434. The average Bonchev–Trinajstić information content (AvgIpc) is 2.48. The van der Waals surface area contributed by atoms with Crippen molar-refractivity contribution in [1.82, 2.24) is 5.32 Å². The molecule has 0 saturated carbocycles. The molecule has 0 aromatic heterocycles. The van der Waals surface area contributed by atoms with Gasteiger partial charge in [0.15, 0.2) is 11.5 Å². The number of carbonyl (C=O) groups excluding carboxylic acids is 1. The first-order valence-corrected chi connectivity index (χ1v) is 9.23. The van der Waals surface area contributed by atoms with E-state index in [2.05, 4.69) is 5.32 Å². The second-order valence-corrected chi connectivity index (χ2v) is 6.86. The number of hydrogen-bond donors (Lipinski definition) is 3. The molecule has 1 rings (SSSR count). The van der Waals surface area contributed by atoms with E-state index in [1.807, 2.05) is 6.92 Å². The van der Waals surface area contributed by atoms with E-state index >= 15 is 0 Å². The van der Waals surface area contributed by atoms with E-state index in [1.54, 1.807) is 12.1 Å². The summed E-state index contributed by atoms with van der Waals surface area (Å²) in [5, 5.41) is 20.9. The van der Waals surface area contributed by atoms with Gasteiger partial charge in [-0.2, -0.15) is 0 Å². The van der Waals surface area contributed by atoms with Gasteiger partial charge in [-0.15, -0.1) is 0 Å². The maximum atomic E-state index is 11.9. The molecule has 122 valence electrons. The number of carbonyl (C=O) groups is 2. The minimum Gasteiger partial charge on any atom is -0.504 e. The van der Waals surface area contributed by atoms with Crippen LogP contribution in [0.4, 0.5) is 0 Å². The maximum absolute atomic E-state index is 11.9. The summed E-state index contributed by atoms with van der Waals surface area (Å²) >= 11 is 0. The van der Waals surface area contributed by atoms with E-state index in [0.717, 1.165) is 0 Å². The highest BCUT2D eigenvalue weighted by Crippen LogP contribution is 2.26. The largest absolute Gasteiger partial charge is 0.504 e. The molecule has 0 spiro atoms. The normalized spacial score (nSPS) is 10.2. The fourth-order valence-corrected chi connectivity index (χ4v) is 3.38. The summed E-state index contributed by atoms with van der Waals surface area (Å²) in [5.41, 5.74) is 0.365. The third-order valence-electron chi connectivity index (χ3n) is 2.47. The molecule has 0 aliphatic rings. The van der Waals surface area contributed by atoms with Crippen molar-refractivity contribution in [3.05, 3.63) is 23.8 Å². The van der Waals surface area contributed by atoms with Gasteiger partial charge in [0, 0.05) is 23.6 Å². The fourth-order valence-electron chi connectivity index (χ4n) is 1.49. The minimum atomic E-state index is -0.809. The summed E-state index contributed by atoms with van der Waals surface area (Å²) in [7, 11) is 2.98. The number of nitrogens with one attached hydrogen (secondary N) is 1. The molecule has 8 heteroatoms. The lowest BCUT2D eigenvalue weighted by molar-refractivity contribution is -0.136. The van der Waals surface area contributed by atoms with Crippen LogP contribution in [0.2, 0.25) is 0 Å². The van der Waals surface area contributed by atoms with E-state index in [0.29, 0.717) is 36.0 Å². The molecular weight excluding hydrogens is 326 g/mol. The maximum Gasteiger partial charge on any atom is 0.304 e. The summed E-state index contributed by atoms with van der Waals surface area (Å²) in [6.45, 7) is 2.72. The summed E-state index contributed by atoms with van der Waals surface area (Å²) in [4.78, 5) is 22.2. The highest BCUT2D eigenvalue weighted by atomic mass is 33.1. The van der Waals surface area contributed by atoms with Gasteiger partial charge in [-0.3, -0.25) is 9.59 Å². The molecule has 0 heterocycles. The van der Waals surface area contributed by atoms with Gasteiger partial charge in [0.25, 0.3) is 5.91 Å². The Bertz CT molecular complexity index is 510. The number of aliphatic carboxylic acids is 1. The Hall–Kier alpha value is -1.54. The Morgan fingerprint density at radius 1 is 1.27 bits per heavy atom. The van der Waals surface area contributed by atoms with E-state index in [-0.39, 0.29) is 18.1 Å². The molecule has 3 N–H and O–H groups in total. The zero-order valence-corrected chi connectivity index (χ0v) is 13.8. The molecule has 0 unspecified atom stereocenters. The molecule has 0 fully saturated rings. The number of hydrogen-bond acceptors (Lipinski definition) is 6. The Balaban J connectivity index is 2.28. The second kappa shape index (κ2) is 10.2. The molecule has 0 aliphatic carbocycles. The molecular formula is C14H19NO5S2. The van der Waals surface area contributed by atoms with Crippen LogP contribution < -0.4 is 10.1 Å². The van der Waals surface area contributed by atoms with Gasteiger partial charge in [0.2, 0.25) is 0 Å². The van der Waals surface area contributed by atoms with Gasteiger partial charge in [0.1, 0.15) is 0 Å². The van der Waals surface area contributed by atoms with Crippen LogP contribution in [0.25, 0.3) is 0 Å². The van der Waals surface area contributed by atoms with E-state index in [1.165, 1.54) is 27.7 Å². The summed E-state index contributed by atoms with van der Waals surface area (Å²) in [6, 6.07) is 4.52. The number of benzene rings is 1. The van der Waals surface area contributed by atoms with Gasteiger partial charge in [-0.25, -0.2) is 0 Å². The van der Waals surface area contributed by atoms with E-state index in [9.17, 15) is 14.7 Å². The third-order valence-corrected chi connectivity index (χ3v) is 4.88. The van der Waals surface area contributed by atoms with Crippen molar-refractivity contribution in [2.45, 2.75) is 13.3 Å². The zero-order chi connectivity index (χ0) is 16.4. The fraction of sp³-hybridized carbons (Fsp3) is 0.429. The van der Waals surface area contributed by atoms with Crippen molar-refractivity contribution >= 4 is 33.5 Å². The van der Waals surface area contributed by atoms with Crippen LogP contribution in [-0.2, 0) is 4.79 Å². The monoisotopic (exact) mass is 345 g/mol. The molecule has 0 bridgehead atoms. The highest BCUT2D eigenvalue weighted by molar-refractivity contribution is 8.76. The standard InChI is InChI=1S/C14H19NO5S2/c1-2-20-12-4-3-10(9-11(12)16)14(19)15-6-8-22-21-7-5-13(17)18/h3-4,9,16H,2,5-8H2,1H3,(H,15,19)(H,17,18). The number of carboxylic acid groups (broad SMARTS) is 1. The number of phenols is 1. The third kappa shape index (κ3) is 6.95. The van der Waals surface area contributed by atoms with Crippen molar-refractivity contribution in [3.8, 4) is 11.5 Å². The van der Waals surface area contributed by atoms with Gasteiger partial charge >= 0.3 is 5.97 Å². The van der Waals surface area contributed by atoms with Crippen LogP contribution in [-0.4, -0.2) is 46.7 Å². The number of phenolic OH excluding ortho intramolecular Hbond substituents is 1. The number of ether oxygens (including phenoxy) is 1. The van der Waals surface area contributed by atoms with Crippen LogP contribution in [0.5, 0.6) is 11.5 Å².